The predicted octanol–water partition coefficient (Wildman–Crippen LogP) is 3.71. The molecule has 8 nitrogen and oxygen atoms in total. The number of hydrogen-bond donors (Lipinski definition) is 2. The van der Waals surface area contributed by atoms with Crippen molar-refractivity contribution in [3.05, 3.63) is 70.9 Å². The van der Waals surface area contributed by atoms with Crippen LogP contribution in [0.3, 0.4) is 0 Å². The second-order valence-corrected chi connectivity index (χ2v) is 8.84. The number of hydrogen-bond acceptors (Lipinski definition) is 6. The summed E-state index contributed by atoms with van der Waals surface area (Å²) >= 11 is 0. The molecule has 2 aromatic carbocycles. The van der Waals surface area contributed by atoms with Crippen molar-refractivity contribution in [1.82, 2.24) is 10.1 Å². The van der Waals surface area contributed by atoms with Crippen LogP contribution < -0.4 is 10.5 Å². The first-order chi connectivity index (χ1) is 14.6. The number of benzene rings is 2. The van der Waals surface area contributed by atoms with Gasteiger partial charge in [-0.05, 0) is 50.1 Å². The maximum atomic E-state index is 13.3. The minimum Gasteiger partial charge on any atom is -0.335 e. The quantitative estimate of drug-likeness (QED) is 0.502. The molecule has 0 saturated carbocycles. The van der Waals surface area contributed by atoms with Gasteiger partial charge in [0.1, 0.15) is 0 Å². The molecule has 1 amide bonds. The van der Waals surface area contributed by atoms with Gasteiger partial charge in [-0.25, -0.2) is 18.5 Å². The molecule has 31 heavy (non-hydrogen) atoms. The van der Waals surface area contributed by atoms with Crippen LogP contribution in [0, 0.1) is 20.8 Å². The fourth-order valence-electron chi connectivity index (χ4n) is 3.34. The van der Waals surface area contributed by atoms with Crippen molar-refractivity contribution in [3.63, 3.8) is 0 Å². The fourth-order valence-corrected chi connectivity index (χ4v) is 3.96. The lowest BCUT2D eigenvalue weighted by atomic mass is 10.0. The molecule has 0 atom stereocenters. The Kier molecular flexibility index (Phi) is 5.08. The largest absolute Gasteiger partial charge is 0.335 e. The maximum absolute atomic E-state index is 13.3. The SMILES string of the molecule is Cc1cc(S(N)(=O)=O)cc(NC(=O)c2cc(-c3ccccc3)nc3onc(C)c23)c1C. The van der Waals surface area contributed by atoms with E-state index in [2.05, 4.69) is 15.5 Å². The monoisotopic (exact) mass is 436 g/mol. The van der Waals surface area contributed by atoms with Crippen molar-refractivity contribution in [2.24, 2.45) is 5.14 Å². The molecule has 4 aromatic rings. The molecule has 2 aromatic heterocycles. The van der Waals surface area contributed by atoms with Crippen LogP contribution >= 0.6 is 0 Å². The number of aromatic nitrogens is 2. The number of sulfonamides is 1. The van der Waals surface area contributed by atoms with E-state index in [-0.39, 0.29) is 10.6 Å². The summed E-state index contributed by atoms with van der Waals surface area (Å²) in [5.41, 5.74) is 4.24. The Morgan fingerprint density at radius 2 is 1.77 bits per heavy atom. The van der Waals surface area contributed by atoms with Gasteiger partial charge in [0, 0.05) is 11.3 Å². The number of nitrogens with one attached hydrogen (secondary N) is 1. The standard InChI is InChI=1S/C22H20N4O4S/c1-12-9-16(31(23,28)29)10-18(13(12)2)24-21(27)17-11-19(15-7-5-4-6-8-15)25-22-20(17)14(3)26-30-22/h4-11H,1-3H3,(H,24,27)(H2,23,28,29). The van der Waals surface area contributed by atoms with E-state index >= 15 is 0 Å². The molecule has 2 heterocycles. The summed E-state index contributed by atoms with van der Waals surface area (Å²) in [5.74, 6) is -0.440. The van der Waals surface area contributed by atoms with E-state index in [1.807, 2.05) is 30.3 Å². The lowest BCUT2D eigenvalue weighted by molar-refractivity contribution is 0.102. The number of pyridine rings is 1. The number of rotatable bonds is 4. The topological polar surface area (TPSA) is 128 Å². The minimum absolute atomic E-state index is 0.0723. The zero-order valence-electron chi connectivity index (χ0n) is 17.1. The van der Waals surface area contributed by atoms with Gasteiger partial charge in [-0.2, -0.15) is 0 Å². The highest BCUT2D eigenvalue weighted by atomic mass is 32.2. The second kappa shape index (κ2) is 7.60. The first-order valence-corrected chi connectivity index (χ1v) is 11.0. The maximum Gasteiger partial charge on any atom is 0.259 e. The summed E-state index contributed by atoms with van der Waals surface area (Å²) in [5, 5.41) is 12.5. The Bertz CT molecular complexity index is 1430. The van der Waals surface area contributed by atoms with Gasteiger partial charge in [0.2, 0.25) is 10.0 Å². The lowest BCUT2D eigenvalue weighted by Gasteiger charge is -2.13. The highest BCUT2D eigenvalue weighted by Crippen LogP contribution is 2.29. The van der Waals surface area contributed by atoms with Gasteiger partial charge in [-0.1, -0.05) is 35.5 Å². The number of primary sulfonamides is 1. The third kappa shape index (κ3) is 3.92. The molecule has 4 rings (SSSR count). The number of anilines is 1. The number of aryl methyl sites for hydroxylation is 2. The van der Waals surface area contributed by atoms with Gasteiger partial charge in [-0.15, -0.1) is 0 Å². The zero-order chi connectivity index (χ0) is 22.3. The molecule has 0 spiro atoms. The number of carbonyl (C=O) groups excluding carboxylic acids is 1. The second-order valence-electron chi connectivity index (χ2n) is 7.28. The molecule has 0 aliphatic rings. The number of amides is 1. The van der Waals surface area contributed by atoms with Crippen LogP contribution in [0.1, 0.15) is 27.2 Å². The summed E-state index contributed by atoms with van der Waals surface area (Å²) in [6, 6.07) is 13.9. The average molecular weight is 436 g/mol. The molecule has 158 valence electrons. The Balaban J connectivity index is 1.83. The Labute approximate surface area is 179 Å². The number of fused-ring (bicyclic) bond motifs is 1. The molecule has 0 aliphatic heterocycles. The van der Waals surface area contributed by atoms with E-state index in [9.17, 15) is 13.2 Å². The summed E-state index contributed by atoms with van der Waals surface area (Å²) in [6.07, 6.45) is 0. The third-order valence-electron chi connectivity index (χ3n) is 5.15. The van der Waals surface area contributed by atoms with Crippen molar-refractivity contribution in [2.75, 3.05) is 5.32 Å². The van der Waals surface area contributed by atoms with Crippen LogP contribution in [0.5, 0.6) is 0 Å². The third-order valence-corrected chi connectivity index (χ3v) is 6.04. The van der Waals surface area contributed by atoms with E-state index in [0.29, 0.717) is 33.6 Å². The fraction of sp³-hybridized carbons (Fsp3) is 0.136. The molecule has 9 heteroatoms. The first-order valence-electron chi connectivity index (χ1n) is 9.43. The van der Waals surface area contributed by atoms with Crippen molar-refractivity contribution < 1.29 is 17.7 Å². The van der Waals surface area contributed by atoms with E-state index in [1.165, 1.54) is 12.1 Å². The molecule has 0 saturated heterocycles. The highest BCUT2D eigenvalue weighted by Gasteiger charge is 2.21. The average Bonchev–Trinajstić information content (AvgIpc) is 3.11. The molecule has 0 bridgehead atoms. The minimum atomic E-state index is -3.93. The van der Waals surface area contributed by atoms with Crippen LogP contribution in [-0.2, 0) is 10.0 Å². The normalized spacial score (nSPS) is 11.6. The van der Waals surface area contributed by atoms with E-state index in [1.54, 1.807) is 26.8 Å². The van der Waals surface area contributed by atoms with Gasteiger partial charge in [-0.3, -0.25) is 4.79 Å². The molecule has 3 N–H and O–H groups in total. The lowest BCUT2D eigenvalue weighted by Crippen LogP contribution is -2.17. The predicted molar refractivity (Wildman–Crippen MR) is 117 cm³/mol. The van der Waals surface area contributed by atoms with E-state index < -0.39 is 15.9 Å². The van der Waals surface area contributed by atoms with Gasteiger partial charge in [0.05, 0.1) is 27.2 Å². The van der Waals surface area contributed by atoms with Crippen molar-refractivity contribution in [3.8, 4) is 11.3 Å². The highest BCUT2D eigenvalue weighted by molar-refractivity contribution is 7.89. The van der Waals surface area contributed by atoms with Gasteiger partial charge in [0.15, 0.2) is 0 Å². The van der Waals surface area contributed by atoms with Crippen LogP contribution in [0.2, 0.25) is 0 Å². The first kappa shape index (κ1) is 20.7. The Morgan fingerprint density at radius 1 is 1.06 bits per heavy atom. The molecule has 0 fully saturated rings. The van der Waals surface area contributed by atoms with Gasteiger partial charge >= 0.3 is 0 Å². The molecule has 0 radical (unpaired) electrons. The number of carbonyl (C=O) groups is 1. The summed E-state index contributed by atoms with van der Waals surface area (Å²) < 4.78 is 29.0. The number of nitrogens with zero attached hydrogens (tertiary/aromatic N) is 2. The Hall–Kier alpha value is -3.56. The summed E-state index contributed by atoms with van der Waals surface area (Å²) in [4.78, 5) is 17.7. The van der Waals surface area contributed by atoms with Crippen molar-refractivity contribution in [2.45, 2.75) is 25.7 Å². The zero-order valence-corrected chi connectivity index (χ0v) is 17.9. The Morgan fingerprint density at radius 3 is 2.45 bits per heavy atom. The van der Waals surface area contributed by atoms with Crippen LogP contribution in [0.4, 0.5) is 5.69 Å². The van der Waals surface area contributed by atoms with Crippen LogP contribution in [0.25, 0.3) is 22.4 Å². The van der Waals surface area contributed by atoms with Gasteiger partial charge < -0.3 is 9.84 Å². The summed E-state index contributed by atoms with van der Waals surface area (Å²) in [7, 11) is -3.93. The molecule has 0 aliphatic carbocycles. The van der Waals surface area contributed by atoms with E-state index in [4.69, 9.17) is 9.66 Å². The molecule has 0 unspecified atom stereocenters. The number of nitrogens with two attached hydrogens (primary N) is 1. The molecular weight excluding hydrogens is 416 g/mol. The van der Waals surface area contributed by atoms with Crippen LogP contribution in [0.15, 0.2) is 57.9 Å². The summed E-state index contributed by atoms with van der Waals surface area (Å²) in [6.45, 7) is 5.27. The van der Waals surface area contributed by atoms with Gasteiger partial charge in [0.25, 0.3) is 11.6 Å². The molecular formula is C22H20N4O4S. The van der Waals surface area contributed by atoms with Crippen LogP contribution in [-0.4, -0.2) is 24.5 Å². The van der Waals surface area contributed by atoms with Crippen molar-refractivity contribution >= 4 is 32.7 Å². The van der Waals surface area contributed by atoms with Crippen molar-refractivity contribution in [1.29, 1.82) is 0 Å². The smallest absolute Gasteiger partial charge is 0.259 e. The van der Waals surface area contributed by atoms with E-state index in [0.717, 1.165) is 11.1 Å².